The van der Waals surface area contributed by atoms with Gasteiger partial charge in [-0.25, -0.2) is 4.79 Å². The molecule has 10 heteroatoms. The second-order valence-corrected chi connectivity index (χ2v) is 17.1. The maximum atomic E-state index is 14.6. The molecule has 5 aromatic carbocycles. The lowest BCUT2D eigenvalue weighted by molar-refractivity contribution is -0.158. The quantitative estimate of drug-likeness (QED) is 0.0934. The van der Waals surface area contributed by atoms with Crippen molar-refractivity contribution in [3.63, 3.8) is 0 Å². The molecular formula is C52H56ClN3O6. The minimum absolute atomic E-state index is 0.0787. The number of halogens is 1. The number of fused-ring (bicyclic) bond motifs is 3. The zero-order valence-electron chi connectivity index (χ0n) is 35.9. The summed E-state index contributed by atoms with van der Waals surface area (Å²) in [5.41, 5.74) is 6.02. The van der Waals surface area contributed by atoms with Crippen molar-refractivity contribution in [3.8, 4) is 11.1 Å². The van der Waals surface area contributed by atoms with Crippen LogP contribution in [0.2, 0.25) is 5.02 Å². The van der Waals surface area contributed by atoms with Crippen molar-refractivity contribution in [1.82, 2.24) is 15.1 Å². The van der Waals surface area contributed by atoms with Crippen LogP contribution in [0.25, 0.3) is 11.1 Å². The van der Waals surface area contributed by atoms with E-state index in [2.05, 4.69) is 29.6 Å². The Morgan fingerprint density at radius 3 is 1.85 bits per heavy atom. The molecule has 2 aliphatic carbocycles. The highest BCUT2D eigenvalue weighted by Crippen LogP contribution is 2.46. The highest BCUT2D eigenvalue weighted by Gasteiger charge is 2.43. The van der Waals surface area contributed by atoms with E-state index < -0.39 is 48.5 Å². The van der Waals surface area contributed by atoms with Gasteiger partial charge in [-0.05, 0) is 52.6 Å². The number of esters is 1. The van der Waals surface area contributed by atoms with Crippen LogP contribution in [0.15, 0.2) is 127 Å². The van der Waals surface area contributed by atoms with Crippen LogP contribution >= 0.6 is 11.6 Å². The molecule has 62 heavy (non-hydrogen) atoms. The molecule has 0 bridgehead atoms. The Balaban J connectivity index is 1.10. The van der Waals surface area contributed by atoms with Crippen molar-refractivity contribution in [1.29, 1.82) is 0 Å². The Morgan fingerprint density at radius 1 is 0.694 bits per heavy atom. The van der Waals surface area contributed by atoms with E-state index in [1.165, 1.54) is 60.9 Å². The standard InChI is InChI=1S/C52H56ClN3O6/c1-55(2)50(59)47(56(3)48(57)34-54-51(60)61-35-44-42-25-15-13-23-40(42)41-24-14-16-26-43(41)44)33-49(58)62-52(38-21-11-8-12-22-38,45-27-17-18-28-46(45)53)39-31-29-37(30-32-39)36-19-9-6-4-5-7-10-20-36/h8,11-18,21-32,36,44,47H,4-7,9-10,19-20,33-35H2,1-3H3,(H,54,60)/t47-,52?/m0/s1. The number of carbonyl (C=O) groups is 4. The molecule has 3 amide bonds. The first-order chi connectivity index (χ1) is 30.1. The maximum Gasteiger partial charge on any atom is 0.407 e. The molecule has 0 heterocycles. The average molecular weight is 854 g/mol. The Morgan fingerprint density at radius 2 is 1.24 bits per heavy atom. The largest absolute Gasteiger partial charge is 0.449 e. The summed E-state index contributed by atoms with van der Waals surface area (Å²) in [4.78, 5) is 57.6. The second-order valence-electron chi connectivity index (χ2n) is 16.7. The molecule has 0 saturated heterocycles. The van der Waals surface area contributed by atoms with Gasteiger partial charge in [-0.15, -0.1) is 0 Å². The number of nitrogens with one attached hydrogen (secondary N) is 1. The average Bonchev–Trinajstić information content (AvgIpc) is 3.68. The van der Waals surface area contributed by atoms with Crippen molar-refractivity contribution < 1.29 is 28.7 Å². The van der Waals surface area contributed by atoms with E-state index in [1.807, 2.05) is 97.1 Å². The van der Waals surface area contributed by atoms with Gasteiger partial charge in [0.25, 0.3) is 0 Å². The molecule has 1 fully saturated rings. The highest BCUT2D eigenvalue weighted by atomic mass is 35.5. The van der Waals surface area contributed by atoms with Crippen LogP contribution in [0.5, 0.6) is 0 Å². The molecule has 2 aliphatic rings. The smallest absolute Gasteiger partial charge is 0.407 e. The van der Waals surface area contributed by atoms with Crippen molar-refractivity contribution >= 4 is 35.5 Å². The molecule has 1 N–H and O–H groups in total. The van der Waals surface area contributed by atoms with Gasteiger partial charge in [-0.1, -0.05) is 171 Å². The molecule has 0 aliphatic heterocycles. The normalized spacial score (nSPS) is 15.6. The van der Waals surface area contributed by atoms with Gasteiger partial charge in [0.15, 0.2) is 5.60 Å². The number of carbonyl (C=O) groups excluding carboxylic acids is 4. The third-order valence-corrected chi connectivity index (χ3v) is 12.8. The lowest BCUT2D eigenvalue weighted by Crippen LogP contribution is -2.51. The van der Waals surface area contributed by atoms with Gasteiger partial charge in [0, 0.05) is 48.8 Å². The van der Waals surface area contributed by atoms with Crippen LogP contribution in [-0.2, 0) is 29.5 Å². The third-order valence-electron chi connectivity index (χ3n) is 12.5. The fourth-order valence-corrected chi connectivity index (χ4v) is 9.45. The van der Waals surface area contributed by atoms with E-state index >= 15 is 0 Å². The number of likely N-dealkylation sites (N-methyl/N-ethyl adjacent to an activating group) is 2. The minimum atomic E-state index is -1.51. The number of amides is 3. The van der Waals surface area contributed by atoms with Crippen LogP contribution in [0.3, 0.4) is 0 Å². The predicted octanol–water partition coefficient (Wildman–Crippen LogP) is 10.2. The molecule has 0 spiro atoms. The van der Waals surface area contributed by atoms with Crippen LogP contribution in [0.1, 0.15) is 103 Å². The Hall–Kier alpha value is -5.93. The number of benzene rings is 5. The zero-order chi connectivity index (χ0) is 43.6. The van der Waals surface area contributed by atoms with Gasteiger partial charge >= 0.3 is 12.1 Å². The summed E-state index contributed by atoms with van der Waals surface area (Å²) in [5, 5.41) is 2.95. The molecule has 1 saturated carbocycles. The van der Waals surface area contributed by atoms with E-state index in [9.17, 15) is 19.2 Å². The van der Waals surface area contributed by atoms with Crippen LogP contribution < -0.4 is 5.32 Å². The van der Waals surface area contributed by atoms with Gasteiger partial charge < -0.3 is 24.6 Å². The summed E-state index contributed by atoms with van der Waals surface area (Å²) in [6, 6.07) is 39.9. The van der Waals surface area contributed by atoms with E-state index in [1.54, 1.807) is 20.2 Å². The first-order valence-corrected chi connectivity index (χ1v) is 22.1. The van der Waals surface area contributed by atoms with E-state index in [4.69, 9.17) is 21.1 Å². The highest BCUT2D eigenvalue weighted by molar-refractivity contribution is 6.31. The van der Waals surface area contributed by atoms with Crippen LogP contribution in [0, 0.1) is 0 Å². The molecule has 9 nitrogen and oxygen atoms in total. The molecule has 2 atom stereocenters. The first kappa shape index (κ1) is 44.1. The van der Waals surface area contributed by atoms with Crippen molar-refractivity contribution in [3.05, 3.63) is 166 Å². The van der Waals surface area contributed by atoms with E-state index in [0.29, 0.717) is 27.6 Å². The van der Waals surface area contributed by atoms with Gasteiger partial charge in [0.05, 0.1) is 6.42 Å². The molecule has 0 aromatic heterocycles. The lowest BCUT2D eigenvalue weighted by Gasteiger charge is -2.37. The van der Waals surface area contributed by atoms with Crippen LogP contribution in [-0.4, -0.2) is 74.0 Å². The van der Waals surface area contributed by atoms with Gasteiger partial charge in [-0.2, -0.15) is 0 Å². The van der Waals surface area contributed by atoms with Crippen molar-refractivity contribution in [2.45, 2.75) is 81.3 Å². The fraction of sp³-hybridized carbons (Fsp3) is 0.346. The van der Waals surface area contributed by atoms with Crippen LogP contribution in [0.4, 0.5) is 4.79 Å². The Bertz CT molecular complexity index is 2300. The van der Waals surface area contributed by atoms with Gasteiger partial charge in [0.2, 0.25) is 11.8 Å². The van der Waals surface area contributed by atoms with E-state index in [-0.39, 0.29) is 12.5 Å². The van der Waals surface area contributed by atoms with Gasteiger partial charge in [0.1, 0.15) is 19.2 Å². The summed E-state index contributed by atoms with van der Waals surface area (Å²) in [7, 11) is 4.56. The summed E-state index contributed by atoms with van der Waals surface area (Å²) in [5.74, 6) is -1.50. The number of hydrogen-bond acceptors (Lipinski definition) is 6. The Labute approximate surface area is 370 Å². The van der Waals surface area contributed by atoms with Gasteiger partial charge in [-0.3, -0.25) is 14.4 Å². The second kappa shape index (κ2) is 20.3. The monoisotopic (exact) mass is 853 g/mol. The molecule has 7 rings (SSSR count). The Kier molecular flexibility index (Phi) is 14.4. The van der Waals surface area contributed by atoms with E-state index in [0.717, 1.165) is 35.1 Å². The lowest BCUT2D eigenvalue weighted by atomic mass is 9.78. The number of rotatable bonds is 13. The van der Waals surface area contributed by atoms with Crippen molar-refractivity contribution in [2.75, 3.05) is 34.3 Å². The molecule has 1 unspecified atom stereocenters. The minimum Gasteiger partial charge on any atom is -0.449 e. The SMILES string of the molecule is CN(C)C(=O)[C@H](CC(=O)OC(c1ccccc1)(c1ccc(C2CCCCCCCC2)cc1)c1ccccc1Cl)N(C)C(=O)CNC(=O)OCC1c2ccccc2-c2ccccc21. The number of ether oxygens (including phenoxy) is 2. The predicted molar refractivity (Wildman–Crippen MR) is 243 cm³/mol. The maximum absolute atomic E-state index is 14.6. The number of hydrogen-bond donors (Lipinski definition) is 1. The molecule has 0 radical (unpaired) electrons. The first-order valence-electron chi connectivity index (χ1n) is 21.8. The molecular weight excluding hydrogens is 798 g/mol. The number of nitrogens with zero attached hydrogens (tertiary/aromatic N) is 2. The molecule has 5 aromatic rings. The summed E-state index contributed by atoms with van der Waals surface area (Å²) < 4.78 is 12.4. The zero-order valence-corrected chi connectivity index (χ0v) is 36.6. The summed E-state index contributed by atoms with van der Waals surface area (Å²) >= 11 is 7.00. The summed E-state index contributed by atoms with van der Waals surface area (Å²) in [6.45, 7) is -0.379. The van der Waals surface area contributed by atoms with Crippen molar-refractivity contribution in [2.24, 2.45) is 0 Å². The molecule has 322 valence electrons. The fourth-order valence-electron chi connectivity index (χ4n) is 9.18. The topological polar surface area (TPSA) is 105 Å². The summed E-state index contributed by atoms with van der Waals surface area (Å²) in [6.07, 6.45) is 8.52. The third kappa shape index (κ3) is 9.74. The number of alkyl carbamates (subject to hydrolysis) is 1.